The summed E-state index contributed by atoms with van der Waals surface area (Å²) in [5.74, 6) is 0.581. The Labute approximate surface area is 165 Å². The van der Waals surface area contributed by atoms with Crippen molar-refractivity contribution in [3.05, 3.63) is 72.2 Å². The third-order valence-electron chi connectivity index (χ3n) is 4.04. The van der Waals surface area contributed by atoms with Crippen LogP contribution in [0, 0.1) is 6.92 Å². The van der Waals surface area contributed by atoms with Crippen molar-refractivity contribution in [1.82, 2.24) is 24.9 Å². The topological polar surface area (TPSA) is 126 Å². The predicted molar refractivity (Wildman–Crippen MR) is 104 cm³/mol. The first-order valence-corrected chi connectivity index (χ1v) is 8.75. The van der Waals surface area contributed by atoms with E-state index in [0.29, 0.717) is 22.9 Å². The van der Waals surface area contributed by atoms with E-state index in [1.54, 1.807) is 54.9 Å². The van der Waals surface area contributed by atoms with Crippen LogP contribution in [0.4, 0.5) is 16.2 Å². The van der Waals surface area contributed by atoms with Gasteiger partial charge in [0.05, 0.1) is 12.8 Å². The van der Waals surface area contributed by atoms with Crippen LogP contribution >= 0.6 is 0 Å². The molecule has 0 aliphatic heterocycles. The molecule has 0 saturated carbocycles. The molecular weight excluding hydrogens is 374 g/mol. The molecule has 0 spiro atoms. The SMILES string of the molecule is Cc1ccnc2nc(C(=O)Nc3ccc(NC(=O)NCc4ccco4)cc3)nn12. The van der Waals surface area contributed by atoms with E-state index >= 15 is 0 Å². The summed E-state index contributed by atoms with van der Waals surface area (Å²) < 4.78 is 6.65. The number of fused-ring (bicyclic) bond motifs is 1. The number of urea groups is 1. The fourth-order valence-corrected chi connectivity index (χ4v) is 2.58. The summed E-state index contributed by atoms with van der Waals surface area (Å²) in [7, 11) is 0. The van der Waals surface area contributed by atoms with Crippen LogP contribution in [0.15, 0.2) is 59.3 Å². The van der Waals surface area contributed by atoms with Crippen molar-refractivity contribution >= 4 is 29.1 Å². The molecular formula is C19H17N7O3. The summed E-state index contributed by atoms with van der Waals surface area (Å²) in [4.78, 5) is 32.5. The Kier molecular flexibility index (Phi) is 4.89. The zero-order chi connectivity index (χ0) is 20.2. The van der Waals surface area contributed by atoms with Crippen LogP contribution in [-0.2, 0) is 6.54 Å². The van der Waals surface area contributed by atoms with Crippen molar-refractivity contribution in [3.63, 3.8) is 0 Å². The predicted octanol–water partition coefficient (Wildman–Crippen LogP) is 2.60. The third-order valence-corrected chi connectivity index (χ3v) is 4.04. The summed E-state index contributed by atoms with van der Waals surface area (Å²) >= 11 is 0. The molecule has 3 amide bonds. The molecule has 0 radical (unpaired) electrons. The molecule has 0 unspecified atom stereocenters. The minimum absolute atomic E-state index is 0.0197. The molecule has 1 aromatic carbocycles. The Bertz CT molecular complexity index is 1150. The van der Waals surface area contributed by atoms with Gasteiger partial charge in [-0.2, -0.15) is 4.98 Å². The van der Waals surface area contributed by atoms with Crippen molar-refractivity contribution in [1.29, 1.82) is 0 Å². The number of hydrogen-bond acceptors (Lipinski definition) is 6. The van der Waals surface area contributed by atoms with Crippen LogP contribution < -0.4 is 16.0 Å². The van der Waals surface area contributed by atoms with E-state index in [2.05, 4.69) is 31.0 Å². The number of aryl methyl sites for hydroxylation is 1. The minimum atomic E-state index is -0.452. The number of amides is 3. The summed E-state index contributed by atoms with van der Waals surface area (Å²) in [6.45, 7) is 2.13. The standard InChI is InChI=1S/C19H17N7O3/c1-12-8-9-20-18-24-16(25-26(12)18)17(27)22-13-4-6-14(7-5-13)23-19(28)21-11-15-3-2-10-29-15/h2-10H,11H2,1H3,(H,22,27)(H2,21,23,28). The Morgan fingerprint density at radius 3 is 2.52 bits per heavy atom. The van der Waals surface area contributed by atoms with E-state index in [4.69, 9.17) is 4.42 Å². The number of carbonyl (C=O) groups excluding carboxylic acids is 2. The molecule has 4 aromatic rings. The monoisotopic (exact) mass is 391 g/mol. The molecule has 0 aliphatic rings. The van der Waals surface area contributed by atoms with Crippen LogP contribution in [0.3, 0.4) is 0 Å². The second-order valence-electron chi connectivity index (χ2n) is 6.15. The van der Waals surface area contributed by atoms with Gasteiger partial charge in [-0.25, -0.2) is 14.3 Å². The lowest BCUT2D eigenvalue weighted by Gasteiger charge is -2.08. The molecule has 29 heavy (non-hydrogen) atoms. The van der Waals surface area contributed by atoms with Gasteiger partial charge in [0.15, 0.2) is 0 Å². The van der Waals surface area contributed by atoms with Gasteiger partial charge in [-0.15, -0.1) is 5.10 Å². The van der Waals surface area contributed by atoms with E-state index in [1.165, 1.54) is 4.52 Å². The van der Waals surface area contributed by atoms with Crippen LogP contribution in [-0.4, -0.2) is 31.5 Å². The largest absolute Gasteiger partial charge is 0.467 e. The number of nitrogens with zero attached hydrogens (tertiary/aromatic N) is 4. The lowest BCUT2D eigenvalue weighted by molar-refractivity contribution is 0.101. The molecule has 10 nitrogen and oxygen atoms in total. The fourth-order valence-electron chi connectivity index (χ4n) is 2.58. The van der Waals surface area contributed by atoms with E-state index in [-0.39, 0.29) is 18.4 Å². The molecule has 3 N–H and O–H groups in total. The molecule has 10 heteroatoms. The molecule has 0 fully saturated rings. The Hall–Kier alpha value is -4.21. The lowest BCUT2D eigenvalue weighted by atomic mass is 10.2. The zero-order valence-corrected chi connectivity index (χ0v) is 15.4. The van der Waals surface area contributed by atoms with Crippen LogP contribution in [0.25, 0.3) is 5.78 Å². The highest BCUT2D eigenvalue weighted by molar-refractivity contribution is 6.02. The molecule has 3 heterocycles. The van der Waals surface area contributed by atoms with Gasteiger partial charge in [0, 0.05) is 23.3 Å². The van der Waals surface area contributed by atoms with Gasteiger partial charge >= 0.3 is 6.03 Å². The molecule has 0 bridgehead atoms. The Morgan fingerprint density at radius 1 is 1.07 bits per heavy atom. The lowest BCUT2D eigenvalue weighted by Crippen LogP contribution is -2.27. The molecule has 4 rings (SSSR count). The minimum Gasteiger partial charge on any atom is -0.467 e. The van der Waals surface area contributed by atoms with Crippen molar-refractivity contribution in [2.45, 2.75) is 13.5 Å². The summed E-state index contributed by atoms with van der Waals surface area (Å²) in [5, 5.41) is 12.3. The number of benzene rings is 1. The number of hydrogen-bond donors (Lipinski definition) is 3. The average Bonchev–Trinajstić information content (AvgIpc) is 3.38. The maximum absolute atomic E-state index is 12.4. The molecule has 0 atom stereocenters. The summed E-state index contributed by atoms with van der Waals surface area (Å²) in [6, 6.07) is 11.6. The first kappa shape index (κ1) is 18.2. The Balaban J connectivity index is 1.35. The van der Waals surface area contributed by atoms with Crippen LogP contribution in [0.5, 0.6) is 0 Å². The number of anilines is 2. The van der Waals surface area contributed by atoms with Crippen molar-refractivity contribution in [2.75, 3.05) is 10.6 Å². The smallest absolute Gasteiger partial charge is 0.319 e. The maximum atomic E-state index is 12.4. The zero-order valence-electron chi connectivity index (χ0n) is 15.4. The van der Waals surface area contributed by atoms with Gasteiger partial charge in [-0.1, -0.05) is 0 Å². The highest BCUT2D eigenvalue weighted by Crippen LogP contribution is 2.14. The quantitative estimate of drug-likeness (QED) is 0.480. The first-order chi connectivity index (χ1) is 14.1. The number of carbonyl (C=O) groups is 2. The third kappa shape index (κ3) is 4.21. The maximum Gasteiger partial charge on any atom is 0.319 e. The van der Waals surface area contributed by atoms with Gasteiger partial charge in [0.2, 0.25) is 5.82 Å². The van der Waals surface area contributed by atoms with E-state index in [0.717, 1.165) is 5.69 Å². The Morgan fingerprint density at radius 2 is 1.83 bits per heavy atom. The van der Waals surface area contributed by atoms with Crippen molar-refractivity contribution < 1.29 is 14.0 Å². The van der Waals surface area contributed by atoms with E-state index in [1.807, 2.05) is 6.92 Å². The first-order valence-electron chi connectivity index (χ1n) is 8.75. The molecule has 0 aliphatic carbocycles. The summed E-state index contributed by atoms with van der Waals surface area (Å²) in [5.41, 5.74) is 1.94. The van der Waals surface area contributed by atoms with Crippen LogP contribution in [0.2, 0.25) is 0 Å². The van der Waals surface area contributed by atoms with Gasteiger partial charge in [0.1, 0.15) is 5.76 Å². The number of furan rings is 1. The van der Waals surface area contributed by atoms with Gasteiger partial charge < -0.3 is 20.4 Å². The van der Waals surface area contributed by atoms with Crippen molar-refractivity contribution in [3.8, 4) is 0 Å². The molecule has 146 valence electrons. The van der Waals surface area contributed by atoms with Gasteiger partial charge in [0.25, 0.3) is 11.7 Å². The highest BCUT2D eigenvalue weighted by atomic mass is 16.3. The average molecular weight is 391 g/mol. The number of aromatic nitrogens is 4. The summed E-state index contributed by atoms with van der Waals surface area (Å²) in [6.07, 6.45) is 3.15. The van der Waals surface area contributed by atoms with Gasteiger partial charge in [-0.05, 0) is 49.4 Å². The van der Waals surface area contributed by atoms with Gasteiger partial charge in [-0.3, -0.25) is 4.79 Å². The number of rotatable bonds is 5. The fraction of sp³-hybridized carbons (Fsp3) is 0.105. The van der Waals surface area contributed by atoms with Crippen LogP contribution in [0.1, 0.15) is 22.1 Å². The second-order valence-corrected chi connectivity index (χ2v) is 6.15. The normalized spacial score (nSPS) is 10.7. The molecule has 3 aromatic heterocycles. The number of nitrogens with one attached hydrogen (secondary N) is 3. The van der Waals surface area contributed by atoms with E-state index in [9.17, 15) is 9.59 Å². The van der Waals surface area contributed by atoms with E-state index < -0.39 is 5.91 Å². The second kappa shape index (κ2) is 7.80. The highest BCUT2D eigenvalue weighted by Gasteiger charge is 2.14. The van der Waals surface area contributed by atoms with Crippen molar-refractivity contribution in [2.24, 2.45) is 0 Å². The molecule has 0 saturated heterocycles.